The molecular formula is C13H22. The van der Waals surface area contributed by atoms with Crippen molar-refractivity contribution in [3.05, 3.63) is 49.6 Å². The molecule has 0 aromatic heterocycles. The predicted octanol–water partition coefficient (Wildman–Crippen LogP) is 4.67. The molecule has 0 amide bonds. The molecule has 0 atom stereocenters. The van der Waals surface area contributed by atoms with Gasteiger partial charge in [0, 0.05) is 0 Å². The van der Waals surface area contributed by atoms with E-state index in [1.54, 1.807) is 6.08 Å². The molecule has 0 radical (unpaired) electrons. The molecule has 0 aliphatic heterocycles. The number of hydrogen-bond donors (Lipinski definition) is 0. The van der Waals surface area contributed by atoms with Gasteiger partial charge in [0.25, 0.3) is 0 Å². The molecule has 0 bridgehead atoms. The average molecular weight is 178 g/mol. The van der Waals surface area contributed by atoms with Crippen molar-refractivity contribution in [2.24, 2.45) is 0 Å². The molecule has 0 unspecified atom stereocenters. The van der Waals surface area contributed by atoms with Crippen LogP contribution in [0.25, 0.3) is 0 Å². The van der Waals surface area contributed by atoms with Crippen LogP contribution in [0.15, 0.2) is 49.6 Å². The second kappa shape index (κ2) is 17.2. The Morgan fingerprint density at radius 2 is 1.69 bits per heavy atom. The van der Waals surface area contributed by atoms with Gasteiger partial charge in [-0.3, -0.25) is 0 Å². The van der Waals surface area contributed by atoms with Crippen LogP contribution in [0.2, 0.25) is 0 Å². The average Bonchev–Trinajstić information content (AvgIpc) is 2.15. The van der Waals surface area contributed by atoms with Crippen LogP contribution in [0.4, 0.5) is 0 Å². The fourth-order valence-corrected chi connectivity index (χ4v) is 0.651. The van der Waals surface area contributed by atoms with Crippen molar-refractivity contribution >= 4 is 0 Å². The van der Waals surface area contributed by atoms with Gasteiger partial charge in [0.05, 0.1) is 0 Å². The Kier molecular flexibility index (Phi) is 19.1. The highest BCUT2D eigenvalue weighted by atomic mass is 13.8. The normalized spacial score (nSPS) is 9.69. The van der Waals surface area contributed by atoms with E-state index in [9.17, 15) is 0 Å². The number of unbranched alkanes of at least 4 members (excludes halogenated alkanes) is 2. The van der Waals surface area contributed by atoms with Crippen molar-refractivity contribution in [3.63, 3.8) is 0 Å². The van der Waals surface area contributed by atoms with Crippen LogP contribution < -0.4 is 0 Å². The number of hydrogen-bond acceptors (Lipinski definition) is 0. The monoisotopic (exact) mass is 178 g/mol. The van der Waals surface area contributed by atoms with Crippen molar-refractivity contribution in [2.45, 2.75) is 33.1 Å². The van der Waals surface area contributed by atoms with Crippen molar-refractivity contribution in [1.82, 2.24) is 0 Å². The van der Waals surface area contributed by atoms with E-state index in [4.69, 9.17) is 0 Å². The van der Waals surface area contributed by atoms with Crippen LogP contribution in [0.3, 0.4) is 0 Å². The van der Waals surface area contributed by atoms with Crippen molar-refractivity contribution < 1.29 is 0 Å². The molecule has 0 rings (SSSR count). The minimum absolute atomic E-state index is 1.20. The Balaban J connectivity index is 0. The van der Waals surface area contributed by atoms with Gasteiger partial charge >= 0.3 is 0 Å². The van der Waals surface area contributed by atoms with E-state index in [0.29, 0.717) is 0 Å². The van der Waals surface area contributed by atoms with Crippen LogP contribution >= 0.6 is 0 Å². The maximum atomic E-state index is 3.57. The van der Waals surface area contributed by atoms with Crippen LogP contribution in [-0.2, 0) is 0 Å². The van der Waals surface area contributed by atoms with Crippen LogP contribution in [-0.4, -0.2) is 0 Å². The molecule has 74 valence electrons. The molecule has 0 N–H and O–H groups in total. The first-order chi connectivity index (χ1) is 6.33. The summed E-state index contributed by atoms with van der Waals surface area (Å²) in [7, 11) is 0. The molecule has 0 aromatic rings. The summed E-state index contributed by atoms with van der Waals surface area (Å²) < 4.78 is 0. The Labute approximate surface area is 83.4 Å². The highest BCUT2D eigenvalue weighted by Crippen LogP contribution is 1.93. The van der Waals surface area contributed by atoms with Gasteiger partial charge in [0.15, 0.2) is 0 Å². The molecule has 0 fully saturated rings. The summed E-state index contributed by atoms with van der Waals surface area (Å²) in [5.41, 5.74) is 0. The highest BCUT2D eigenvalue weighted by Gasteiger charge is 1.73. The maximum absolute atomic E-state index is 3.57. The molecule has 13 heavy (non-hydrogen) atoms. The van der Waals surface area contributed by atoms with Gasteiger partial charge in [-0.2, -0.15) is 0 Å². The third-order valence-corrected chi connectivity index (χ3v) is 1.33. The SMILES string of the molecule is C=C/C=C/C.C=C/C=C/CCCC. The zero-order chi connectivity index (χ0) is 10.4. The lowest BCUT2D eigenvalue weighted by Gasteiger charge is -1.84. The second-order valence-corrected chi connectivity index (χ2v) is 2.57. The molecular weight excluding hydrogens is 156 g/mol. The molecule has 0 heterocycles. The van der Waals surface area contributed by atoms with E-state index < -0.39 is 0 Å². The van der Waals surface area contributed by atoms with Crippen LogP contribution in [0.5, 0.6) is 0 Å². The smallest absolute Gasteiger partial charge is 0.0348 e. The minimum atomic E-state index is 1.20. The summed E-state index contributed by atoms with van der Waals surface area (Å²) in [6.45, 7) is 11.2. The van der Waals surface area contributed by atoms with E-state index in [0.717, 1.165) is 0 Å². The predicted molar refractivity (Wildman–Crippen MR) is 63.9 cm³/mol. The Hall–Kier alpha value is -1.04. The first-order valence-electron chi connectivity index (χ1n) is 4.84. The number of rotatable bonds is 5. The van der Waals surface area contributed by atoms with Gasteiger partial charge in [-0.15, -0.1) is 0 Å². The fraction of sp³-hybridized carbons (Fsp3) is 0.385. The van der Waals surface area contributed by atoms with E-state index in [-0.39, 0.29) is 0 Å². The molecule has 0 aliphatic rings. The van der Waals surface area contributed by atoms with Crippen LogP contribution in [0.1, 0.15) is 33.1 Å². The summed E-state index contributed by atoms with van der Waals surface area (Å²) in [5.74, 6) is 0. The first kappa shape index (κ1) is 14.5. The lowest BCUT2D eigenvalue weighted by molar-refractivity contribution is 0.815. The maximum Gasteiger partial charge on any atom is -0.0348 e. The topological polar surface area (TPSA) is 0 Å². The van der Waals surface area contributed by atoms with E-state index in [2.05, 4.69) is 26.2 Å². The molecule has 0 spiro atoms. The van der Waals surface area contributed by atoms with Crippen LogP contribution in [0, 0.1) is 0 Å². The minimum Gasteiger partial charge on any atom is -0.0991 e. The number of allylic oxidation sites excluding steroid dienone is 6. The Bertz CT molecular complexity index is 149. The van der Waals surface area contributed by atoms with Gasteiger partial charge in [-0.05, 0) is 13.3 Å². The molecule has 0 saturated carbocycles. The van der Waals surface area contributed by atoms with Crippen molar-refractivity contribution in [2.75, 3.05) is 0 Å². The summed E-state index contributed by atoms with van der Waals surface area (Å²) >= 11 is 0. The van der Waals surface area contributed by atoms with Gasteiger partial charge in [0.2, 0.25) is 0 Å². The Morgan fingerprint density at radius 3 is 2.00 bits per heavy atom. The van der Waals surface area contributed by atoms with Gasteiger partial charge < -0.3 is 0 Å². The van der Waals surface area contributed by atoms with Gasteiger partial charge in [0.1, 0.15) is 0 Å². The second-order valence-electron chi connectivity index (χ2n) is 2.57. The standard InChI is InChI=1S/C8H14.C5H8/c1-3-5-7-8-6-4-2;1-3-5-4-2/h3,5,7H,1,4,6,8H2,2H3;3-5H,1H2,2H3/b7-5+;5-4+. The largest absolute Gasteiger partial charge is 0.0991 e. The van der Waals surface area contributed by atoms with Crippen molar-refractivity contribution in [3.8, 4) is 0 Å². The third kappa shape index (κ3) is 24.8. The quantitative estimate of drug-likeness (QED) is 0.424. The van der Waals surface area contributed by atoms with E-state index >= 15 is 0 Å². The highest BCUT2D eigenvalue weighted by molar-refractivity contribution is 4.96. The molecule has 0 nitrogen and oxygen atoms in total. The summed E-state index contributed by atoms with van der Waals surface area (Å²) in [6.07, 6.45) is 15.3. The van der Waals surface area contributed by atoms with Gasteiger partial charge in [-0.1, -0.05) is 69.4 Å². The van der Waals surface area contributed by atoms with E-state index in [1.807, 2.05) is 31.2 Å². The third-order valence-electron chi connectivity index (χ3n) is 1.33. The molecule has 0 saturated heterocycles. The molecule has 0 heteroatoms. The molecule has 0 aliphatic carbocycles. The van der Waals surface area contributed by atoms with Gasteiger partial charge in [-0.25, -0.2) is 0 Å². The summed E-state index contributed by atoms with van der Waals surface area (Å²) in [6, 6.07) is 0. The van der Waals surface area contributed by atoms with Crippen molar-refractivity contribution in [1.29, 1.82) is 0 Å². The lowest BCUT2D eigenvalue weighted by atomic mass is 10.2. The summed E-state index contributed by atoms with van der Waals surface area (Å²) in [4.78, 5) is 0. The zero-order valence-corrected chi connectivity index (χ0v) is 9.00. The molecule has 0 aromatic carbocycles. The Morgan fingerprint density at radius 1 is 1.08 bits per heavy atom. The zero-order valence-electron chi connectivity index (χ0n) is 9.00. The van der Waals surface area contributed by atoms with E-state index in [1.165, 1.54) is 19.3 Å². The fourth-order valence-electron chi connectivity index (χ4n) is 0.651. The first-order valence-corrected chi connectivity index (χ1v) is 4.84. The summed E-state index contributed by atoms with van der Waals surface area (Å²) in [5, 5.41) is 0. The lowest BCUT2D eigenvalue weighted by Crippen LogP contribution is -1.64.